The van der Waals surface area contributed by atoms with E-state index in [2.05, 4.69) is 66.1 Å². The highest BCUT2D eigenvalue weighted by Crippen LogP contribution is 2.58. The van der Waals surface area contributed by atoms with Crippen molar-refractivity contribution >= 4 is 23.2 Å². The lowest BCUT2D eigenvalue weighted by molar-refractivity contribution is -0.121. The standard InChI is InChI=1S/C37H50N4O5S/c1-22-25(32(43)38-21-36(5,6)40-30(42)19-29-33(44)39-34(45)47-29)18-28(41(22)20-23-10-8-7-9-11-23)24-16-26(35(2,3)4)31-27(17-24)37(12-13-37)14-15-46-31/h16-18,23,44H,7-15,19-21H2,1-6H3,(H,38,43)(H,39,45)(H,40,42). The second-order valence-corrected chi connectivity index (χ2v) is 16.8. The number of carbonyl (C=O) groups is 2. The highest BCUT2D eigenvalue weighted by molar-refractivity contribution is 7.09. The van der Waals surface area contributed by atoms with E-state index in [1.807, 2.05) is 13.8 Å². The summed E-state index contributed by atoms with van der Waals surface area (Å²) < 4.78 is 8.75. The van der Waals surface area contributed by atoms with Crippen LogP contribution in [0.25, 0.3) is 11.3 Å². The molecule has 1 aromatic carbocycles. The number of aromatic hydroxyl groups is 1. The van der Waals surface area contributed by atoms with E-state index in [1.165, 1.54) is 56.1 Å². The van der Waals surface area contributed by atoms with Crippen LogP contribution in [0.2, 0.25) is 0 Å². The number of thiazole rings is 1. The maximum Gasteiger partial charge on any atom is 0.307 e. The monoisotopic (exact) mass is 662 g/mol. The zero-order valence-corrected chi connectivity index (χ0v) is 29.5. The molecule has 0 radical (unpaired) electrons. The minimum absolute atomic E-state index is 0.0999. The summed E-state index contributed by atoms with van der Waals surface area (Å²) in [7, 11) is 0. The van der Waals surface area contributed by atoms with Crippen molar-refractivity contribution in [2.75, 3.05) is 13.2 Å². The van der Waals surface area contributed by atoms with Crippen molar-refractivity contribution in [1.82, 2.24) is 20.2 Å². The number of benzene rings is 1. The average Bonchev–Trinajstić information content (AvgIpc) is 3.60. The van der Waals surface area contributed by atoms with Crippen LogP contribution in [-0.2, 0) is 28.6 Å². The molecule has 0 bridgehead atoms. The summed E-state index contributed by atoms with van der Waals surface area (Å²) in [6.45, 7) is 14.3. The molecule has 2 fully saturated rings. The number of hydrogen-bond acceptors (Lipinski definition) is 6. The lowest BCUT2D eigenvalue weighted by atomic mass is 9.79. The molecule has 2 amide bonds. The minimum atomic E-state index is -0.760. The van der Waals surface area contributed by atoms with Crippen molar-refractivity contribution in [2.45, 2.75) is 122 Å². The van der Waals surface area contributed by atoms with Crippen LogP contribution >= 0.6 is 11.3 Å². The van der Waals surface area contributed by atoms with Crippen LogP contribution in [0.15, 0.2) is 23.0 Å². The molecular formula is C37H50N4O5S. The van der Waals surface area contributed by atoms with Gasteiger partial charge >= 0.3 is 4.87 Å². The number of H-pyrrole nitrogens is 1. The van der Waals surface area contributed by atoms with E-state index in [0.29, 0.717) is 11.5 Å². The molecular weight excluding hydrogens is 612 g/mol. The van der Waals surface area contributed by atoms with Crippen molar-refractivity contribution in [3.8, 4) is 22.9 Å². The molecule has 1 spiro atoms. The fourth-order valence-electron chi connectivity index (χ4n) is 7.49. The Morgan fingerprint density at radius 2 is 1.81 bits per heavy atom. The molecule has 3 heterocycles. The predicted molar refractivity (Wildman–Crippen MR) is 186 cm³/mol. The highest BCUT2D eigenvalue weighted by Gasteiger charge is 2.49. The summed E-state index contributed by atoms with van der Waals surface area (Å²) in [5, 5.41) is 15.9. The zero-order chi connectivity index (χ0) is 33.7. The molecule has 0 atom stereocenters. The lowest BCUT2D eigenvalue weighted by Crippen LogP contribution is -2.51. The van der Waals surface area contributed by atoms with E-state index >= 15 is 0 Å². The Hall–Kier alpha value is -3.53. The van der Waals surface area contributed by atoms with Gasteiger partial charge in [-0.25, -0.2) is 0 Å². The predicted octanol–water partition coefficient (Wildman–Crippen LogP) is 6.48. The number of nitrogens with zero attached hydrogens (tertiary/aromatic N) is 1. The Bertz CT molecular complexity index is 1710. The highest BCUT2D eigenvalue weighted by atomic mass is 32.1. The van der Waals surface area contributed by atoms with Gasteiger partial charge in [0.25, 0.3) is 5.91 Å². The summed E-state index contributed by atoms with van der Waals surface area (Å²) in [6.07, 6.45) is 9.55. The van der Waals surface area contributed by atoms with Gasteiger partial charge < -0.3 is 25.0 Å². The van der Waals surface area contributed by atoms with Gasteiger partial charge in [-0.15, -0.1) is 0 Å². The maximum absolute atomic E-state index is 13.9. The fraction of sp³-hybridized carbons (Fsp3) is 0.595. The Labute approximate surface area is 281 Å². The lowest BCUT2D eigenvalue weighted by Gasteiger charge is -2.33. The first kappa shape index (κ1) is 33.4. The molecule has 2 aliphatic carbocycles. The van der Waals surface area contributed by atoms with Gasteiger partial charge in [0.2, 0.25) is 11.8 Å². The van der Waals surface area contributed by atoms with E-state index in [0.717, 1.165) is 53.6 Å². The maximum atomic E-state index is 13.9. The van der Waals surface area contributed by atoms with Crippen LogP contribution in [-0.4, -0.2) is 45.2 Å². The quantitative estimate of drug-likeness (QED) is 0.209. The second-order valence-electron chi connectivity index (χ2n) is 15.8. The van der Waals surface area contributed by atoms with Crippen molar-refractivity contribution in [1.29, 1.82) is 0 Å². The van der Waals surface area contributed by atoms with Crippen LogP contribution in [0.5, 0.6) is 11.6 Å². The van der Waals surface area contributed by atoms with Crippen LogP contribution < -0.4 is 20.2 Å². The Morgan fingerprint density at radius 1 is 1.09 bits per heavy atom. The van der Waals surface area contributed by atoms with Crippen LogP contribution in [0.3, 0.4) is 0 Å². The molecule has 254 valence electrons. The molecule has 0 saturated heterocycles. The fourth-order valence-corrected chi connectivity index (χ4v) is 8.22. The number of ether oxygens (including phenoxy) is 1. The molecule has 47 heavy (non-hydrogen) atoms. The van der Waals surface area contributed by atoms with Gasteiger partial charge in [0.05, 0.1) is 29.0 Å². The van der Waals surface area contributed by atoms with Crippen molar-refractivity contribution in [3.05, 3.63) is 55.1 Å². The van der Waals surface area contributed by atoms with E-state index < -0.39 is 10.4 Å². The van der Waals surface area contributed by atoms with Crippen LogP contribution in [0.4, 0.5) is 0 Å². The molecule has 3 aromatic rings. The average molecular weight is 663 g/mol. The van der Waals surface area contributed by atoms with E-state index in [9.17, 15) is 19.5 Å². The molecule has 0 unspecified atom stereocenters. The molecule has 1 aliphatic heterocycles. The van der Waals surface area contributed by atoms with Gasteiger partial charge in [-0.05, 0) is 88.0 Å². The topological polar surface area (TPSA) is 125 Å². The van der Waals surface area contributed by atoms with Crippen LogP contribution in [0, 0.1) is 12.8 Å². The van der Waals surface area contributed by atoms with Gasteiger partial charge in [0, 0.05) is 41.0 Å². The van der Waals surface area contributed by atoms with Crippen molar-refractivity contribution in [2.24, 2.45) is 5.92 Å². The zero-order valence-electron chi connectivity index (χ0n) is 28.7. The summed E-state index contributed by atoms with van der Waals surface area (Å²) >= 11 is 0.812. The van der Waals surface area contributed by atoms with Gasteiger partial charge in [-0.2, -0.15) is 0 Å². The third-order valence-electron chi connectivity index (χ3n) is 10.4. The summed E-state index contributed by atoms with van der Waals surface area (Å²) in [5.74, 6) is 0.848. The van der Waals surface area contributed by atoms with Crippen molar-refractivity contribution < 1.29 is 19.4 Å². The summed E-state index contributed by atoms with van der Waals surface area (Å²) in [4.78, 5) is 40.3. The Kier molecular flexibility index (Phi) is 8.87. The number of nitrogens with one attached hydrogen (secondary N) is 3. The third kappa shape index (κ3) is 7.03. The van der Waals surface area contributed by atoms with E-state index in [4.69, 9.17) is 4.74 Å². The number of rotatable bonds is 9. The molecule has 10 heteroatoms. The first-order valence-electron chi connectivity index (χ1n) is 17.2. The van der Waals surface area contributed by atoms with Gasteiger partial charge in [-0.3, -0.25) is 19.4 Å². The minimum Gasteiger partial charge on any atom is -0.494 e. The molecule has 2 aromatic heterocycles. The number of fused-ring (bicyclic) bond motifs is 2. The van der Waals surface area contributed by atoms with E-state index in [-0.39, 0.29) is 46.4 Å². The summed E-state index contributed by atoms with van der Waals surface area (Å²) in [6, 6.07) is 6.71. The number of aromatic amines is 1. The first-order valence-corrected chi connectivity index (χ1v) is 18.0. The number of aromatic nitrogens is 2. The Morgan fingerprint density at radius 3 is 2.45 bits per heavy atom. The van der Waals surface area contributed by atoms with Gasteiger partial charge in [0.1, 0.15) is 5.75 Å². The van der Waals surface area contributed by atoms with Crippen molar-refractivity contribution in [3.63, 3.8) is 0 Å². The number of hydrogen-bond donors (Lipinski definition) is 4. The largest absolute Gasteiger partial charge is 0.494 e. The third-order valence-corrected chi connectivity index (χ3v) is 11.3. The summed E-state index contributed by atoms with van der Waals surface area (Å²) in [5.41, 5.74) is 5.73. The van der Waals surface area contributed by atoms with Crippen LogP contribution in [0.1, 0.15) is 118 Å². The molecule has 6 rings (SSSR count). The number of amides is 2. The SMILES string of the molecule is Cc1c(C(=O)NCC(C)(C)NC(=O)Cc2sc(=O)[nH]c2O)cc(-c2cc(C(C)(C)C)c3c(c2)C2(CCO3)CC2)n1CC1CCCCC1. The number of carbonyl (C=O) groups excluding carboxylic acids is 2. The van der Waals surface area contributed by atoms with Gasteiger partial charge in [-0.1, -0.05) is 51.4 Å². The normalized spacial score (nSPS) is 17.7. The smallest absolute Gasteiger partial charge is 0.307 e. The second kappa shape index (κ2) is 12.5. The molecule has 9 nitrogen and oxygen atoms in total. The molecule has 3 aliphatic rings. The Balaban J connectivity index is 1.29. The van der Waals surface area contributed by atoms with E-state index in [1.54, 1.807) is 0 Å². The van der Waals surface area contributed by atoms with Gasteiger partial charge in [0.15, 0.2) is 0 Å². The first-order chi connectivity index (χ1) is 22.2. The molecule has 4 N–H and O–H groups in total. The molecule has 2 saturated carbocycles.